The highest BCUT2D eigenvalue weighted by Crippen LogP contribution is 2.47. The molecule has 0 bridgehead atoms. The molecule has 0 saturated heterocycles. The Balaban J connectivity index is 1.91. The summed E-state index contributed by atoms with van der Waals surface area (Å²) in [5.41, 5.74) is -0.352. The number of aromatic nitrogens is 2. The van der Waals surface area contributed by atoms with Crippen LogP contribution >= 0.6 is 22.9 Å². The number of carbonyl (C=O) groups is 1. The van der Waals surface area contributed by atoms with Crippen LogP contribution in [0.1, 0.15) is 51.0 Å². The molecule has 148 valence electrons. The summed E-state index contributed by atoms with van der Waals surface area (Å²) < 4.78 is 41.6. The Bertz CT molecular complexity index is 853. The van der Waals surface area contributed by atoms with Crippen molar-refractivity contribution in [2.75, 3.05) is 5.32 Å². The number of nitrogens with zero attached hydrogens (tertiary/aromatic N) is 2. The van der Waals surface area contributed by atoms with Crippen molar-refractivity contribution in [2.45, 2.75) is 51.6 Å². The lowest BCUT2D eigenvalue weighted by molar-refractivity contribution is -0.213. The zero-order valence-electron chi connectivity index (χ0n) is 15.3. The molecule has 2 aromatic heterocycles. The number of aryl methyl sites for hydroxylation is 1. The predicted molar refractivity (Wildman–Crippen MR) is 101 cm³/mol. The van der Waals surface area contributed by atoms with Crippen LogP contribution in [0.4, 0.5) is 19.0 Å². The molecule has 1 fully saturated rings. The van der Waals surface area contributed by atoms with Gasteiger partial charge in [0, 0.05) is 19.0 Å². The number of hydrogen-bond acceptors (Lipinski definition) is 3. The quantitative estimate of drug-likeness (QED) is 0.647. The van der Waals surface area contributed by atoms with Gasteiger partial charge in [0.2, 0.25) is 5.91 Å². The van der Waals surface area contributed by atoms with Crippen molar-refractivity contribution in [3.63, 3.8) is 0 Å². The molecule has 0 aliphatic heterocycles. The number of hydrogen-bond donors (Lipinski definition) is 1. The third-order valence-electron chi connectivity index (χ3n) is 5.03. The fraction of sp³-hybridized carbons (Fsp3) is 0.556. The maximum atomic E-state index is 13.1. The third-order valence-corrected chi connectivity index (χ3v) is 6.27. The Kier molecular flexibility index (Phi) is 5.33. The summed E-state index contributed by atoms with van der Waals surface area (Å²) in [7, 11) is 1.76. The van der Waals surface area contributed by atoms with Gasteiger partial charge in [-0.05, 0) is 30.9 Å². The van der Waals surface area contributed by atoms with Crippen LogP contribution in [0.2, 0.25) is 4.34 Å². The third kappa shape index (κ3) is 4.01. The summed E-state index contributed by atoms with van der Waals surface area (Å²) in [6, 6.07) is 3.69. The number of thiophene rings is 1. The molecule has 9 heteroatoms. The standard InChI is InChI=1S/C18H21ClF3N3OS/c1-17(2,18(20,21)22)9-13(26)23-16-14(10-5-4-6-10)15(25(3)24-16)11-7-8-12(19)27-11/h7-8,10H,4-6,9H2,1-3H3,(H,23,24,26). The molecule has 1 amide bonds. The number of rotatable bonds is 5. The van der Waals surface area contributed by atoms with Crippen molar-refractivity contribution in [3.8, 4) is 10.6 Å². The van der Waals surface area contributed by atoms with E-state index in [-0.39, 0.29) is 5.92 Å². The summed E-state index contributed by atoms with van der Waals surface area (Å²) in [5.74, 6) is -0.100. The van der Waals surface area contributed by atoms with Gasteiger partial charge in [-0.25, -0.2) is 0 Å². The van der Waals surface area contributed by atoms with Gasteiger partial charge in [0.1, 0.15) is 0 Å². The molecule has 1 N–H and O–H groups in total. The van der Waals surface area contributed by atoms with Crippen LogP contribution in [0.5, 0.6) is 0 Å². The average molecular weight is 420 g/mol. The minimum absolute atomic E-state index is 0.237. The largest absolute Gasteiger partial charge is 0.394 e. The smallest absolute Gasteiger partial charge is 0.309 e. The van der Waals surface area contributed by atoms with Crippen LogP contribution in [-0.4, -0.2) is 21.9 Å². The number of alkyl halides is 3. The molecular formula is C18H21ClF3N3OS. The maximum Gasteiger partial charge on any atom is 0.394 e. The van der Waals surface area contributed by atoms with Crippen LogP contribution in [0.3, 0.4) is 0 Å². The van der Waals surface area contributed by atoms with Crippen LogP contribution in [-0.2, 0) is 11.8 Å². The van der Waals surface area contributed by atoms with Gasteiger partial charge in [-0.2, -0.15) is 18.3 Å². The van der Waals surface area contributed by atoms with Crippen molar-refractivity contribution >= 4 is 34.7 Å². The molecule has 4 nitrogen and oxygen atoms in total. The van der Waals surface area contributed by atoms with Crippen molar-refractivity contribution in [1.82, 2.24) is 9.78 Å². The van der Waals surface area contributed by atoms with Gasteiger partial charge < -0.3 is 5.32 Å². The fourth-order valence-corrected chi connectivity index (χ4v) is 4.26. The van der Waals surface area contributed by atoms with E-state index >= 15 is 0 Å². The van der Waals surface area contributed by atoms with Crippen molar-refractivity contribution < 1.29 is 18.0 Å². The molecule has 0 atom stereocenters. The van der Waals surface area contributed by atoms with E-state index in [2.05, 4.69) is 10.4 Å². The highest BCUT2D eigenvalue weighted by atomic mass is 35.5. The Morgan fingerprint density at radius 3 is 2.52 bits per heavy atom. The molecule has 0 aromatic carbocycles. The van der Waals surface area contributed by atoms with E-state index in [0.29, 0.717) is 10.2 Å². The van der Waals surface area contributed by atoms with Crippen LogP contribution in [0.15, 0.2) is 12.1 Å². The lowest BCUT2D eigenvalue weighted by Crippen LogP contribution is -2.36. The second-order valence-corrected chi connectivity index (χ2v) is 9.29. The second-order valence-electron chi connectivity index (χ2n) is 7.57. The molecule has 27 heavy (non-hydrogen) atoms. The van der Waals surface area contributed by atoms with E-state index in [1.54, 1.807) is 17.8 Å². The van der Waals surface area contributed by atoms with Crippen molar-refractivity contribution in [2.24, 2.45) is 12.5 Å². The lowest BCUT2D eigenvalue weighted by atomic mass is 9.79. The zero-order chi connectivity index (χ0) is 20.0. The van der Waals surface area contributed by atoms with E-state index < -0.39 is 23.9 Å². The average Bonchev–Trinajstić information content (AvgIpc) is 3.00. The highest BCUT2D eigenvalue weighted by Gasteiger charge is 2.48. The van der Waals surface area contributed by atoms with Gasteiger partial charge in [0.05, 0.1) is 20.3 Å². The molecule has 2 heterocycles. The number of halogens is 4. The van der Waals surface area contributed by atoms with Crippen molar-refractivity contribution in [1.29, 1.82) is 0 Å². The first-order chi connectivity index (χ1) is 12.5. The molecule has 0 spiro atoms. The predicted octanol–water partition coefficient (Wildman–Crippen LogP) is 5.99. The van der Waals surface area contributed by atoms with Gasteiger partial charge in [0.25, 0.3) is 0 Å². The first-order valence-electron chi connectivity index (χ1n) is 8.69. The van der Waals surface area contributed by atoms with Gasteiger partial charge in [-0.1, -0.05) is 31.9 Å². The van der Waals surface area contributed by atoms with E-state index in [4.69, 9.17) is 11.6 Å². The summed E-state index contributed by atoms with van der Waals surface area (Å²) in [6.45, 7) is 2.05. The van der Waals surface area contributed by atoms with E-state index in [9.17, 15) is 18.0 Å². The summed E-state index contributed by atoms with van der Waals surface area (Å²) in [5, 5.41) is 7.02. The van der Waals surface area contributed by atoms with Gasteiger partial charge in [-0.15, -0.1) is 11.3 Å². The topological polar surface area (TPSA) is 46.9 Å². The summed E-state index contributed by atoms with van der Waals surface area (Å²) in [4.78, 5) is 13.3. The number of amides is 1. The molecule has 0 unspecified atom stereocenters. The summed E-state index contributed by atoms with van der Waals surface area (Å²) >= 11 is 7.47. The Hall–Kier alpha value is -1.54. The molecule has 1 aliphatic rings. The van der Waals surface area contributed by atoms with Crippen molar-refractivity contribution in [3.05, 3.63) is 22.0 Å². The Labute approximate surface area is 164 Å². The van der Waals surface area contributed by atoms with E-state index in [1.807, 2.05) is 6.07 Å². The van der Waals surface area contributed by atoms with Gasteiger partial charge >= 0.3 is 6.18 Å². The second kappa shape index (κ2) is 7.13. The molecular weight excluding hydrogens is 399 g/mol. The molecule has 3 rings (SSSR count). The Morgan fingerprint density at radius 1 is 1.37 bits per heavy atom. The van der Waals surface area contributed by atoms with E-state index in [0.717, 1.165) is 49.2 Å². The maximum absolute atomic E-state index is 13.1. The van der Waals surface area contributed by atoms with E-state index in [1.165, 1.54) is 11.3 Å². The fourth-order valence-electron chi connectivity index (χ4n) is 3.13. The molecule has 1 aliphatic carbocycles. The molecule has 0 radical (unpaired) electrons. The normalized spacial score (nSPS) is 15.7. The SMILES string of the molecule is Cn1nc(NC(=O)CC(C)(C)C(F)(F)F)c(C2CCC2)c1-c1ccc(Cl)s1. The van der Waals surface area contributed by atoms with Gasteiger partial charge in [-0.3, -0.25) is 9.48 Å². The highest BCUT2D eigenvalue weighted by molar-refractivity contribution is 7.19. The lowest BCUT2D eigenvalue weighted by Gasteiger charge is -2.28. The minimum Gasteiger partial charge on any atom is -0.309 e. The van der Waals surface area contributed by atoms with Crippen LogP contribution in [0.25, 0.3) is 10.6 Å². The Morgan fingerprint density at radius 2 is 2.04 bits per heavy atom. The first-order valence-corrected chi connectivity index (χ1v) is 9.88. The number of carbonyl (C=O) groups excluding carboxylic acids is 1. The van der Waals surface area contributed by atoms with Crippen LogP contribution in [0, 0.1) is 5.41 Å². The number of nitrogens with one attached hydrogen (secondary N) is 1. The number of anilines is 1. The summed E-state index contributed by atoms with van der Waals surface area (Å²) in [6.07, 6.45) is -2.09. The first kappa shape index (κ1) is 20.2. The minimum atomic E-state index is -4.45. The monoisotopic (exact) mass is 419 g/mol. The van der Waals surface area contributed by atoms with Gasteiger partial charge in [0.15, 0.2) is 5.82 Å². The molecule has 1 saturated carbocycles. The molecule has 2 aromatic rings. The zero-order valence-corrected chi connectivity index (χ0v) is 16.9. The van der Waals surface area contributed by atoms with Crippen LogP contribution < -0.4 is 5.32 Å².